The van der Waals surface area contributed by atoms with Crippen molar-refractivity contribution in [2.45, 2.75) is 6.42 Å². The standard InChI is InChI=1S/C11H12BrF2N/c1-15-5-3-2-4-9-10(13)6-8(12)7-11(9)14/h2,4,6-7,15H,3,5H2,1H3. The summed E-state index contributed by atoms with van der Waals surface area (Å²) in [6, 6.07) is 2.50. The fourth-order valence-corrected chi connectivity index (χ4v) is 1.54. The Balaban J connectivity index is 2.80. The summed E-state index contributed by atoms with van der Waals surface area (Å²) in [7, 11) is 1.83. The van der Waals surface area contributed by atoms with Crippen molar-refractivity contribution < 1.29 is 8.78 Å². The van der Waals surface area contributed by atoms with Crippen LogP contribution in [0.1, 0.15) is 12.0 Å². The molecule has 0 spiro atoms. The zero-order valence-electron chi connectivity index (χ0n) is 8.36. The molecule has 0 atom stereocenters. The highest BCUT2D eigenvalue weighted by atomic mass is 79.9. The van der Waals surface area contributed by atoms with Gasteiger partial charge in [-0.3, -0.25) is 0 Å². The zero-order valence-corrected chi connectivity index (χ0v) is 9.94. The molecule has 0 bridgehead atoms. The van der Waals surface area contributed by atoms with E-state index in [0.29, 0.717) is 4.47 Å². The van der Waals surface area contributed by atoms with Crippen molar-refractivity contribution in [3.05, 3.63) is 39.9 Å². The highest BCUT2D eigenvalue weighted by Crippen LogP contribution is 2.20. The minimum atomic E-state index is -0.553. The Kier molecular flexibility index (Phi) is 4.91. The molecule has 1 N–H and O–H groups in total. The van der Waals surface area contributed by atoms with Crippen molar-refractivity contribution in [2.24, 2.45) is 0 Å². The van der Waals surface area contributed by atoms with Gasteiger partial charge in [0.2, 0.25) is 0 Å². The number of nitrogens with one attached hydrogen (secondary N) is 1. The average Bonchev–Trinajstić information content (AvgIpc) is 2.15. The summed E-state index contributed by atoms with van der Waals surface area (Å²) in [5, 5.41) is 2.95. The molecule has 1 nitrogen and oxygen atoms in total. The van der Waals surface area contributed by atoms with Crippen molar-refractivity contribution in [3.63, 3.8) is 0 Å². The van der Waals surface area contributed by atoms with Gasteiger partial charge in [-0.2, -0.15) is 0 Å². The fraction of sp³-hybridized carbons (Fsp3) is 0.273. The molecule has 0 radical (unpaired) electrons. The molecule has 15 heavy (non-hydrogen) atoms. The van der Waals surface area contributed by atoms with E-state index in [1.807, 2.05) is 7.05 Å². The van der Waals surface area contributed by atoms with Crippen LogP contribution < -0.4 is 5.32 Å². The lowest BCUT2D eigenvalue weighted by Gasteiger charge is -2.00. The second-order valence-electron chi connectivity index (χ2n) is 3.08. The molecule has 1 aromatic rings. The maximum atomic E-state index is 13.3. The summed E-state index contributed by atoms with van der Waals surface area (Å²) in [5.74, 6) is -1.11. The lowest BCUT2D eigenvalue weighted by molar-refractivity contribution is 0.577. The third-order valence-electron chi connectivity index (χ3n) is 1.89. The molecule has 0 aromatic heterocycles. The predicted octanol–water partition coefficient (Wildman–Crippen LogP) is 3.35. The maximum absolute atomic E-state index is 13.3. The Morgan fingerprint density at radius 2 is 1.93 bits per heavy atom. The first-order valence-corrected chi connectivity index (χ1v) is 5.40. The summed E-state index contributed by atoms with van der Waals surface area (Å²) in [6.07, 6.45) is 3.95. The van der Waals surface area contributed by atoms with E-state index in [9.17, 15) is 8.78 Å². The molecular weight excluding hydrogens is 264 g/mol. The van der Waals surface area contributed by atoms with Crippen LogP contribution in [0.3, 0.4) is 0 Å². The number of hydrogen-bond acceptors (Lipinski definition) is 1. The van der Waals surface area contributed by atoms with Crippen LogP contribution in [0.2, 0.25) is 0 Å². The van der Waals surface area contributed by atoms with Crippen LogP contribution >= 0.6 is 15.9 Å². The quantitative estimate of drug-likeness (QED) is 0.831. The molecule has 1 aromatic carbocycles. The first-order chi connectivity index (χ1) is 7.15. The van der Waals surface area contributed by atoms with Crippen molar-refractivity contribution in [1.82, 2.24) is 5.32 Å². The van der Waals surface area contributed by atoms with E-state index in [1.165, 1.54) is 18.2 Å². The topological polar surface area (TPSA) is 12.0 Å². The van der Waals surface area contributed by atoms with Gasteiger partial charge in [0.1, 0.15) is 11.6 Å². The average molecular weight is 276 g/mol. The van der Waals surface area contributed by atoms with Crippen molar-refractivity contribution in [1.29, 1.82) is 0 Å². The van der Waals surface area contributed by atoms with E-state index < -0.39 is 11.6 Å². The number of hydrogen-bond donors (Lipinski definition) is 1. The maximum Gasteiger partial charge on any atom is 0.134 e. The zero-order chi connectivity index (χ0) is 11.3. The summed E-state index contributed by atoms with van der Waals surface area (Å²) in [5.41, 5.74) is 0.00861. The van der Waals surface area contributed by atoms with Crippen LogP contribution in [-0.2, 0) is 0 Å². The van der Waals surface area contributed by atoms with E-state index >= 15 is 0 Å². The second kappa shape index (κ2) is 5.98. The molecule has 0 unspecified atom stereocenters. The molecule has 0 amide bonds. The molecule has 1 rings (SSSR count). The third-order valence-corrected chi connectivity index (χ3v) is 2.35. The smallest absolute Gasteiger partial charge is 0.134 e. The van der Waals surface area contributed by atoms with Gasteiger partial charge in [-0.25, -0.2) is 8.78 Å². The lowest BCUT2D eigenvalue weighted by Crippen LogP contribution is -2.05. The Labute approximate surface area is 96.3 Å². The van der Waals surface area contributed by atoms with Crippen LogP contribution in [0.15, 0.2) is 22.7 Å². The van der Waals surface area contributed by atoms with Gasteiger partial charge in [0, 0.05) is 10.0 Å². The van der Waals surface area contributed by atoms with Crippen molar-refractivity contribution in [2.75, 3.05) is 13.6 Å². The SMILES string of the molecule is CNCCC=Cc1c(F)cc(Br)cc1F. The van der Waals surface area contributed by atoms with E-state index in [2.05, 4.69) is 21.2 Å². The van der Waals surface area contributed by atoms with Gasteiger partial charge in [-0.05, 0) is 32.1 Å². The Hall–Kier alpha value is -0.740. The Morgan fingerprint density at radius 1 is 1.33 bits per heavy atom. The van der Waals surface area contributed by atoms with E-state index in [1.54, 1.807) is 6.08 Å². The first kappa shape index (κ1) is 12.3. The van der Waals surface area contributed by atoms with Crippen LogP contribution in [0.4, 0.5) is 8.78 Å². The number of halogens is 3. The molecule has 4 heteroatoms. The van der Waals surface area contributed by atoms with Crippen LogP contribution in [0, 0.1) is 11.6 Å². The van der Waals surface area contributed by atoms with Gasteiger partial charge >= 0.3 is 0 Å². The summed E-state index contributed by atoms with van der Waals surface area (Å²) in [6.45, 7) is 0.788. The van der Waals surface area contributed by atoms with Crippen molar-refractivity contribution >= 4 is 22.0 Å². The summed E-state index contributed by atoms with van der Waals surface area (Å²) < 4.78 is 27.0. The third kappa shape index (κ3) is 3.72. The highest BCUT2D eigenvalue weighted by Gasteiger charge is 2.06. The van der Waals surface area contributed by atoms with Crippen LogP contribution in [-0.4, -0.2) is 13.6 Å². The monoisotopic (exact) mass is 275 g/mol. The van der Waals surface area contributed by atoms with E-state index in [4.69, 9.17) is 0 Å². The molecule has 0 aliphatic heterocycles. The molecule has 0 aliphatic rings. The first-order valence-electron chi connectivity index (χ1n) is 4.61. The van der Waals surface area contributed by atoms with Gasteiger partial charge in [0.15, 0.2) is 0 Å². The van der Waals surface area contributed by atoms with Gasteiger partial charge in [0.05, 0.1) is 0 Å². The molecule has 82 valence electrons. The van der Waals surface area contributed by atoms with Gasteiger partial charge in [-0.15, -0.1) is 0 Å². The van der Waals surface area contributed by atoms with Crippen molar-refractivity contribution in [3.8, 4) is 0 Å². The lowest BCUT2D eigenvalue weighted by atomic mass is 10.1. The normalized spacial score (nSPS) is 11.2. The van der Waals surface area contributed by atoms with Gasteiger partial charge in [0.25, 0.3) is 0 Å². The Morgan fingerprint density at radius 3 is 2.47 bits per heavy atom. The minimum absolute atomic E-state index is 0.00861. The van der Waals surface area contributed by atoms with Gasteiger partial charge in [-0.1, -0.05) is 28.1 Å². The van der Waals surface area contributed by atoms with Crippen LogP contribution in [0.5, 0.6) is 0 Å². The molecular formula is C11H12BrF2N. The largest absolute Gasteiger partial charge is 0.319 e. The van der Waals surface area contributed by atoms with E-state index in [0.717, 1.165) is 13.0 Å². The Bertz CT molecular complexity index is 341. The molecule has 0 aliphatic carbocycles. The number of benzene rings is 1. The number of rotatable bonds is 4. The van der Waals surface area contributed by atoms with Crippen LogP contribution in [0.25, 0.3) is 6.08 Å². The molecule has 0 saturated carbocycles. The fourth-order valence-electron chi connectivity index (χ4n) is 1.14. The second-order valence-corrected chi connectivity index (χ2v) is 3.99. The molecule has 0 fully saturated rings. The molecule has 0 saturated heterocycles. The highest BCUT2D eigenvalue weighted by molar-refractivity contribution is 9.10. The van der Waals surface area contributed by atoms with Gasteiger partial charge < -0.3 is 5.32 Å². The summed E-state index contributed by atoms with van der Waals surface area (Å²) in [4.78, 5) is 0. The van der Waals surface area contributed by atoms with E-state index in [-0.39, 0.29) is 5.56 Å². The molecule has 0 heterocycles. The summed E-state index contributed by atoms with van der Waals surface area (Å²) >= 11 is 3.03. The predicted molar refractivity (Wildman–Crippen MR) is 61.6 cm³/mol. The minimum Gasteiger partial charge on any atom is -0.319 e.